The van der Waals surface area contributed by atoms with Gasteiger partial charge in [0.2, 0.25) is 0 Å². The lowest BCUT2D eigenvalue weighted by atomic mass is 10.1. The fourth-order valence-electron chi connectivity index (χ4n) is 3.92. The van der Waals surface area contributed by atoms with Gasteiger partial charge in [0.05, 0.1) is 18.4 Å². The second-order valence-electron chi connectivity index (χ2n) is 7.83. The molecule has 3 aromatic rings. The van der Waals surface area contributed by atoms with E-state index in [9.17, 15) is 18.0 Å². The summed E-state index contributed by atoms with van der Waals surface area (Å²) in [5.41, 5.74) is 2.69. The van der Waals surface area contributed by atoms with Crippen LogP contribution in [0, 0.1) is 0 Å². The van der Waals surface area contributed by atoms with E-state index in [0.29, 0.717) is 48.7 Å². The van der Waals surface area contributed by atoms with E-state index < -0.39 is 6.36 Å². The third-order valence-corrected chi connectivity index (χ3v) is 5.80. The number of carbonyl (C=O) groups is 1. The number of benzene rings is 1. The van der Waals surface area contributed by atoms with Gasteiger partial charge in [-0.1, -0.05) is 30.7 Å². The fourth-order valence-corrected chi connectivity index (χ4v) is 4.07. The van der Waals surface area contributed by atoms with Gasteiger partial charge in [-0.2, -0.15) is 0 Å². The topological polar surface area (TPSA) is 56.1 Å². The number of fused-ring (bicyclic) bond motifs is 1. The van der Waals surface area contributed by atoms with Crippen LogP contribution in [-0.2, 0) is 17.8 Å². The van der Waals surface area contributed by atoms with Gasteiger partial charge in [-0.15, -0.1) is 13.2 Å². The van der Waals surface area contributed by atoms with Crippen LogP contribution in [0.5, 0.6) is 5.75 Å². The number of aromatic nitrogens is 2. The van der Waals surface area contributed by atoms with E-state index in [2.05, 4.69) is 9.72 Å². The SMILES string of the molecule is CCc1nc2cc(Cl)ccn2c1C(=O)N1CCC(OCc2ccc(OC(F)(F)F)cc2)CC1. The summed E-state index contributed by atoms with van der Waals surface area (Å²) in [4.78, 5) is 19.6. The number of rotatable bonds is 6. The Morgan fingerprint density at radius 2 is 1.88 bits per heavy atom. The molecule has 176 valence electrons. The van der Waals surface area contributed by atoms with Gasteiger partial charge in [0.25, 0.3) is 5.91 Å². The van der Waals surface area contributed by atoms with Gasteiger partial charge in [-0.25, -0.2) is 4.98 Å². The Hall–Kier alpha value is -2.78. The first-order chi connectivity index (χ1) is 15.7. The number of hydrogen-bond donors (Lipinski definition) is 0. The van der Waals surface area contributed by atoms with Crippen LogP contribution in [0.4, 0.5) is 13.2 Å². The number of likely N-dealkylation sites (tertiary alicyclic amines) is 1. The third kappa shape index (κ3) is 5.59. The van der Waals surface area contributed by atoms with Crippen LogP contribution in [0.15, 0.2) is 42.6 Å². The molecular formula is C23H23ClF3N3O3. The van der Waals surface area contributed by atoms with Gasteiger partial charge in [0.1, 0.15) is 17.1 Å². The summed E-state index contributed by atoms with van der Waals surface area (Å²) in [6.07, 6.45) is -1.01. The first-order valence-corrected chi connectivity index (χ1v) is 11.0. The molecule has 1 saturated heterocycles. The summed E-state index contributed by atoms with van der Waals surface area (Å²) in [5, 5.41) is 0.564. The molecule has 0 N–H and O–H groups in total. The van der Waals surface area contributed by atoms with Gasteiger partial charge in [-0.05, 0) is 43.0 Å². The molecule has 6 nitrogen and oxygen atoms in total. The van der Waals surface area contributed by atoms with Gasteiger partial charge in [0.15, 0.2) is 0 Å². The number of carbonyl (C=O) groups excluding carboxylic acids is 1. The van der Waals surface area contributed by atoms with E-state index in [4.69, 9.17) is 16.3 Å². The number of nitrogens with zero attached hydrogens (tertiary/aromatic N) is 3. The molecule has 0 unspecified atom stereocenters. The molecule has 0 bridgehead atoms. The Labute approximate surface area is 193 Å². The van der Waals surface area contributed by atoms with Crippen LogP contribution in [0.1, 0.15) is 41.5 Å². The Morgan fingerprint density at radius 3 is 2.52 bits per heavy atom. The van der Waals surface area contributed by atoms with Crippen molar-refractivity contribution < 1.29 is 27.4 Å². The second-order valence-corrected chi connectivity index (χ2v) is 8.26. The number of amides is 1. The molecule has 1 aliphatic heterocycles. The predicted octanol–water partition coefficient (Wildman–Crippen LogP) is 5.27. The summed E-state index contributed by atoms with van der Waals surface area (Å²) in [6.45, 7) is 3.33. The second kappa shape index (κ2) is 9.61. The van der Waals surface area contributed by atoms with Crippen molar-refractivity contribution in [1.29, 1.82) is 0 Å². The third-order valence-electron chi connectivity index (χ3n) is 5.57. The Balaban J connectivity index is 1.33. The molecule has 10 heteroatoms. The Bertz CT molecular complexity index is 1120. The van der Waals surface area contributed by atoms with Crippen molar-refractivity contribution in [2.75, 3.05) is 13.1 Å². The Kier molecular flexibility index (Phi) is 6.81. The van der Waals surface area contributed by atoms with Gasteiger partial charge in [-0.3, -0.25) is 9.20 Å². The van der Waals surface area contributed by atoms with Gasteiger partial charge >= 0.3 is 6.36 Å². The number of ether oxygens (including phenoxy) is 2. The van der Waals surface area contributed by atoms with Crippen molar-refractivity contribution in [3.05, 3.63) is 64.6 Å². The average molecular weight is 482 g/mol. The molecule has 1 amide bonds. The molecular weight excluding hydrogens is 459 g/mol. The van der Waals surface area contributed by atoms with Crippen molar-refractivity contribution in [3.63, 3.8) is 0 Å². The molecule has 0 atom stereocenters. The van der Waals surface area contributed by atoms with Crippen molar-refractivity contribution in [2.24, 2.45) is 0 Å². The smallest absolute Gasteiger partial charge is 0.406 e. The fraction of sp³-hybridized carbons (Fsp3) is 0.391. The molecule has 4 rings (SSSR count). The monoisotopic (exact) mass is 481 g/mol. The minimum atomic E-state index is -4.71. The number of alkyl halides is 3. The molecule has 0 radical (unpaired) electrons. The standard InChI is InChI=1S/C23H23ClF3N3O3/c1-2-19-21(30-12-7-16(24)13-20(30)28-19)22(31)29-10-8-17(9-11-29)32-14-15-3-5-18(6-4-15)33-23(25,26)27/h3-7,12-13,17H,2,8-11,14H2,1H3. The molecule has 1 aromatic carbocycles. The highest BCUT2D eigenvalue weighted by Crippen LogP contribution is 2.25. The van der Waals surface area contributed by atoms with E-state index in [0.717, 1.165) is 11.3 Å². The highest BCUT2D eigenvalue weighted by atomic mass is 35.5. The van der Waals surface area contributed by atoms with E-state index in [-0.39, 0.29) is 24.4 Å². The number of aryl methyl sites for hydroxylation is 1. The molecule has 1 aliphatic rings. The first-order valence-electron chi connectivity index (χ1n) is 10.7. The molecule has 1 fully saturated rings. The summed E-state index contributed by atoms with van der Waals surface area (Å²) in [6, 6.07) is 9.09. The summed E-state index contributed by atoms with van der Waals surface area (Å²) >= 11 is 6.06. The quantitative estimate of drug-likeness (QED) is 0.481. The summed E-state index contributed by atoms with van der Waals surface area (Å²) in [5.74, 6) is -0.334. The van der Waals surface area contributed by atoms with E-state index >= 15 is 0 Å². The molecule has 3 heterocycles. The average Bonchev–Trinajstić information content (AvgIpc) is 3.15. The van der Waals surface area contributed by atoms with Crippen molar-refractivity contribution in [3.8, 4) is 5.75 Å². The van der Waals surface area contributed by atoms with E-state index in [1.165, 1.54) is 12.1 Å². The summed E-state index contributed by atoms with van der Waals surface area (Å²) in [7, 11) is 0. The lowest BCUT2D eigenvalue weighted by Gasteiger charge is -2.32. The molecule has 0 saturated carbocycles. The highest BCUT2D eigenvalue weighted by Gasteiger charge is 2.31. The molecule has 2 aromatic heterocycles. The minimum absolute atomic E-state index is 0.0354. The van der Waals surface area contributed by atoms with Crippen LogP contribution in [-0.4, -0.2) is 45.7 Å². The molecule has 33 heavy (non-hydrogen) atoms. The largest absolute Gasteiger partial charge is 0.573 e. The van der Waals surface area contributed by atoms with Crippen LogP contribution >= 0.6 is 11.6 Å². The maximum absolute atomic E-state index is 13.3. The van der Waals surface area contributed by atoms with E-state index in [1.807, 2.05) is 6.92 Å². The van der Waals surface area contributed by atoms with Gasteiger partial charge in [0, 0.05) is 30.4 Å². The Morgan fingerprint density at radius 1 is 1.18 bits per heavy atom. The lowest BCUT2D eigenvalue weighted by Crippen LogP contribution is -2.41. The highest BCUT2D eigenvalue weighted by molar-refractivity contribution is 6.30. The number of pyridine rings is 1. The predicted molar refractivity (Wildman–Crippen MR) is 116 cm³/mol. The van der Waals surface area contributed by atoms with Crippen molar-refractivity contribution in [1.82, 2.24) is 14.3 Å². The normalized spacial score (nSPS) is 15.2. The zero-order valence-corrected chi connectivity index (χ0v) is 18.7. The number of halogens is 4. The van der Waals surface area contributed by atoms with Crippen LogP contribution in [0.2, 0.25) is 5.02 Å². The molecule has 0 aliphatic carbocycles. The first kappa shape index (κ1) is 23.4. The minimum Gasteiger partial charge on any atom is -0.406 e. The summed E-state index contributed by atoms with van der Waals surface area (Å²) < 4.78 is 48.4. The van der Waals surface area contributed by atoms with Crippen molar-refractivity contribution >= 4 is 23.2 Å². The van der Waals surface area contributed by atoms with Crippen LogP contribution in [0.25, 0.3) is 5.65 Å². The van der Waals surface area contributed by atoms with Crippen molar-refractivity contribution in [2.45, 2.75) is 45.3 Å². The van der Waals surface area contributed by atoms with E-state index in [1.54, 1.807) is 39.8 Å². The van der Waals surface area contributed by atoms with Crippen LogP contribution in [0.3, 0.4) is 0 Å². The lowest BCUT2D eigenvalue weighted by molar-refractivity contribution is -0.274. The number of imidazole rings is 1. The molecule has 0 spiro atoms. The zero-order chi connectivity index (χ0) is 23.6. The maximum atomic E-state index is 13.3. The maximum Gasteiger partial charge on any atom is 0.573 e. The number of piperidine rings is 1. The number of hydrogen-bond acceptors (Lipinski definition) is 4. The van der Waals surface area contributed by atoms with Gasteiger partial charge < -0.3 is 14.4 Å². The zero-order valence-electron chi connectivity index (χ0n) is 17.9. The van der Waals surface area contributed by atoms with Crippen LogP contribution < -0.4 is 4.74 Å².